The Bertz CT molecular complexity index is 1240. The molecule has 2 amide bonds. The van der Waals surface area contributed by atoms with Crippen LogP contribution in [-0.2, 0) is 4.74 Å². The van der Waals surface area contributed by atoms with Gasteiger partial charge in [0.25, 0.3) is 0 Å². The minimum absolute atomic E-state index is 0.00504. The fraction of sp³-hybridized carbons (Fsp3) is 0.548. The highest BCUT2D eigenvalue weighted by Gasteiger charge is 2.40. The number of hydrogen-bond donors (Lipinski definition) is 3. The smallest absolute Gasteiger partial charge is 0.319 e. The van der Waals surface area contributed by atoms with Gasteiger partial charge in [0.1, 0.15) is 5.75 Å². The lowest BCUT2D eigenvalue weighted by Crippen LogP contribution is -2.50. The second kappa shape index (κ2) is 14.8. The van der Waals surface area contributed by atoms with Crippen molar-refractivity contribution >= 4 is 34.9 Å². The lowest BCUT2D eigenvalue weighted by molar-refractivity contribution is -0.139. The summed E-state index contributed by atoms with van der Waals surface area (Å²) < 4.78 is 23.4. The molecule has 0 aromatic heterocycles. The molecule has 4 rings (SSSR count). The van der Waals surface area contributed by atoms with Crippen LogP contribution in [0, 0.1) is 5.41 Å². The zero-order chi connectivity index (χ0) is 30.1. The van der Waals surface area contributed by atoms with Gasteiger partial charge in [-0.15, -0.1) is 0 Å². The van der Waals surface area contributed by atoms with Gasteiger partial charge in [0.2, 0.25) is 5.90 Å². The third kappa shape index (κ3) is 8.20. The molecule has 2 fully saturated rings. The van der Waals surface area contributed by atoms with Crippen LogP contribution in [0.4, 0.5) is 16.2 Å². The van der Waals surface area contributed by atoms with E-state index in [0.717, 1.165) is 51.4 Å². The number of urea groups is 1. The number of amides is 2. The van der Waals surface area contributed by atoms with Gasteiger partial charge in [0.05, 0.1) is 48.9 Å². The summed E-state index contributed by atoms with van der Waals surface area (Å²) in [5, 5.41) is 9.07. The standard InChI is InChI=1S/C31H44ClN5O5/c1-21(2)35-30(38)36-25-9-8-22(16-24(25)32)42-29(34-4)23-17-27(39-5)28(18-26(23)33-3)41-15-7-6-12-37-13-10-31(11-14-37)19-40-20-31/h8-9,16-18,21,33H,6-7,10-15,19-20H2,1-5H3,(H2,35,36,38). The molecule has 0 saturated carbocycles. The number of rotatable bonds is 12. The third-order valence-electron chi connectivity index (χ3n) is 7.69. The summed E-state index contributed by atoms with van der Waals surface area (Å²) in [7, 11) is 5.10. The number of methoxy groups -OCH3 is 1. The average Bonchev–Trinajstić information content (AvgIpc) is 2.96. The fourth-order valence-electron chi connectivity index (χ4n) is 5.18. The van der Waals surface area contributed by atoms with Gasteiger partial charge in [-0.3, -0.25) is 4.99 Å². The van der Waals surface area contributed by atoms with Crippen molar-refractivity contribution in [1.82, 2.24) is 10.2 Å². The van der Waals surface area contributed by atoms with Gasteiger partial charge in [0.15, 0.2) is 11.5 Å². The highest BCUT2D eigenvalue weighted by Crippen LogP contribution is 2.38. The molecule has 0 aliphatic carbocycles. The maximum atomic E-state index is 12.1. The van der Waals surface area contributed by atoms with E-state index >= 15 is 0 Å². The van der Waals surface area contributed by atoms with E-state index in [0.29, 0.717) is 51.4 Å². The van der Waals surface area contributed by atoms with Crippen molar-refractivity contribution in [2.75, 3.05) is 71.3 Å². The molecule has 2 aliphatic rings. The van der Waals surface area contributed by atoms with E-state index in [1.807, 2.05) is 33.0 Å². The molecular weight excluding hydrogens is 558 g/mol. The second-order valence-electron chi connectivity index (χ2n) is 11.2. The number of hydrogen-bond acceptors (Lipinski definition) is 8. The topological polar surface area (TPSA) is 106 Å². The summed E-state index contributed by atoms with van der Waals surface area (Å²) in [6, 6.07) is 8.47. The van der Waals surface area contributed by atoms with Crippen LogP contribution >= 0.6 is 11.6 Å². The Morgan fingerprint density at radius 3 is 2.48 bits per heavy atom. The number of likely N-dealkylation sites (tertiary alicyclic amines) is 1. The highest BCUT2D eigenvalue weighted by atomic mass is 35.5. The minimum Gasteiger partial charge on any atom is -0.493 e. The van der Waals surface area contributed by atoms with Crippen molar-refractivity contribution in [3.8, 4) is 17.2 Å². The number of unbranched alkanes of at least 4 members (excludes halogenated alkanes) is 1. The molecule has 2 aromatic carbocycles. The molecule has 0 bridgehead atoms. The zero-order valence-electron chi connectivity index (χ0n) is 25.3. The van der Waals surface area contributed by atoms with Gasteiger partial charge in [-0.2, -0.15) is 0 Å². The van der Waals surface area contributed by atoms with Crippen molar-refractivity contribution in [1.29, 1.82) is 0 Å². The number of carbonyl (C=O) groups is 1. The Labute approximate surface area is 254 Å². The number of anilines is 2. The van der Waals surface area contributed by atoms with Gasteiger partial charge in [-0.05, 0) is 77.4 Å². The van der Waals surface area contributed by atoms with Crippen LogP contribution in [-0.4, -0.2) is 83.5 Å². The van der Waals surface area contributed by atoms with Gasteiger partial charge >= 0.3 is 6.03 Å². The van der Waals surface area contributed by atoms with Crippen molar-refractivity contribution in [3.05, 3.63) is 40.9 Å². The third-order valence-corrected chi connectivity index (χ3v) is 8.00. The van der Waals surface area contributed by atoms with Crippen molar-refractivity contribution in [3.63, 3.8) is 0 Å². The summed E-state index contributed by atoms with van der Waals surface area (Å²) in [4.78, 5) is 19.0. The Balaban J connectivity index is 1.34. The monoisotopic (exact) mass is 601 g/mol. The first-order valence-electron chi connectivity index (χ1n) is 14.6. The molecule has 2 saturated heterocycles. The minimum atomic E-state index is -0.330. The summed E-state index contributed by atoms with van der Waals surface area (Å²) >= 11 is 6.43. The summed E-state index contributed by atoms with van der Waals surface area (Å²) in [5.41, 5.74) is 2.44. The molecular formula is C31H44ClN5O5. The second-order valence-corrected chi connectivity index (χ2v) is 11.6. The molecule has 2 aromatic rings. The molecule has 0 radical (unpaired) electrons. The average molecular weight is 602 g/mol. The van der Waals surface area contributed by atoms with Crippen LogP contribution < -0.4 is 30.2 Å². The Kier molecular flexibility index (Phi) is 11.2. The molecule has 42 heavy (non-hydrogen) atoms. The van der Waals surface area contributed by atoms with E-state index in [2.05, 4.69) is 25.8 Å². The van der Waals surface area contributed by atoms with Crippen LogP contribution in [0.25, 0.3) is 0 Å². The van der Waals surface area contributed by atoms with E-state index in [9.17, 15) is 4.79 Å². The summed E-state index contributed by atoms with van der Waals surface area (Å²) in [5.74, 6) is 2.09. The fourth-order valence-corrected chi connectivity index (χ4v) is 5.40. The van der Waals surface area contributed by atoms with E-state index in [1.54, 1.807) is 32.4 Å². The Hall–Kier alpha value is -3.21. The lowest BCUT2D eigenvalue weighted by Gasteiger charge is -2.47. The van der Waals surface area contributed by atoms with E-state index in [1.165, 1.54) is 12.8 Å². The summed E-state index contributed by atoms with van der Waals surface area (Å²) in [6.07, 6.45) is 4.54. The molecule has 230 valence electrons. The van der Waals surface area contributed by atoms with Crippen LogP contribution in [0.3, 0.4) is 0 Å². The number of ether oxygens (including phenoxy) is 4. The van der Waals surface area contributed by atoms with E-state index in [4.69, 9.17) is 30.5 Å². The number of nitrogens with zero attached hydrogens (tertiary/aromatic N) is 2. The number of nitrogens with one attached hydrogen (secondary N) is 3. The Morgan fingerprint density at radius 1 is 1.12 bits per heavy atom. The number of piperidine rings is 1. The van der Waals surface area contributed by atoms with Crippen LogP contribution in [0.5, 0.6) is 17.2 Å². The zero-order valence-corrected chi connectivity index (χ0v) is 26.1. The number of benzene rings is 2. The van der Waals surface area contributed by atoms with Gasteiger partial charge in [0, 0.05) is 37.7 Å². The molecule has 2 aliphatic heterocycles. The molecule has 11 heteroatoms. The van der Waals surface area contributed by atoms with Crippen molar-refractivity contribution in [2.24, 2.45) is 10.4 Å². The maximum Gasteiger partial charge on any atom is 0.319 e. The first-order chi connectivity index (χ1) is 20.3. The van der Waals surface area contributed by atoms with Gasteiger partial charge in [-0.1, -0.05) is 11.6 Å². The number of halogens is 1. The van der Waals surface area contributed by atoms with E-state index in [-0.39, 0.29) is 12.1 Å². The highest BCUT2D eigenvalue weighted by molar-refractivity contribution is 6.33. The predicted molar refractivity (Wildman–Crippen MR) is 168 cm³/mol. The maximum absolute atomic E-state index is 12.1. The quantitative estimate of drug-likeness (QED) is 0.164. The Morgan fingerprint density at radius 2 is 1.88 bits per heavy atom. The van der Waals surface area contributed by atoms with Gasteiger partial charge in [-0.25, -0.2) is 4.79 Å². The molecule has 1 spiro atoms. The molecule has 10 nitrogen and oxygen atoms in total. The van der Waals surface area contributed by atoms with Crippen molar-refractivity contribution < 1.29 is 23.7 Å². The first-order valence-corrected chi connectivity index (χ1v) is 15.0. The largest absolute Gasteiger partial charge is 0.493 e. The van der Waals surface area contributed by atoms with Crippen LogP contribution in [0.1, 0.15) is 45.1 Å². The van der Waals surface area contributed by atoms with Crippen molar-refractivity contribution in [2.45, 2.75) is 45.6 Å². The molecule has 3 N–H and O–H groups in total. The van der Waals surface area contributed by atoms with E-state index < -0.39 is 0 Å². The van der Waals surface area contributed by atoms with Crippen LogP contribution in [0.15, 0.2) is 35.3 Å². The molecule has 0 unspecified atom stereocenters. The predicted octanol–water partition coefficient (Wildman–Crippen LogP) is 5.65. The van der Waals surface area contributed by atoms with Gasteiger partial charge < -0.3 is 39.8 Å². The number of aliphatic imine (C=N–C) groups is 1. The summed E-state index contributed by atoms with van der Waals surface area (Å²) in [6.45, 7) is 9.68. The molecule has 2 heterocycles. The number of carbonyl (C=O) groups excluding carboxylic acids is 1. The first kappa shape index (κ1) is 31.7. The normalized spacial score (nSPS) is 16.6. The molecule has 0 atom stereocenters. The lowest BCUT2D eigenvalue weighted by atomic mass is 9.77. The SMILES string of the molecule is CN=C(Oc1ccc(NC(=O)NC(C)C)c(Cl)c1)c1cc(OC)c(OCCCCN2CCC3(CC2)COC3)cc1NC. The van der Waals surface area contributed by atoms with Crippen LogP contribution in [0.2, 0.25) is 5.02 Å².